The molecule has 9 heteroatoms. The molecule has 1 aromatic carbocycles. The van der Waals surface area contributed by atoms with Crippen molar-refractivity contribution in [3.8, 4) is 5.75 Å². The number of amides is 1. The average molecular weight is 366 g/mol. The molecule has 142 valence electrons. The number of alkyl carbamates (subject to hydrolysis) is 1. The summed E-state index contributed by atoms with van der Waals surface area (Å²) < 4.78 is 9.92. The molecule has 0 aliphatic carbocycles. The molecular formula is C17H22N2O7. The van der Waals surface area contributed by atoms with Crippen molar-refractivity contribution in [3.05, 3.63) is 34.4 Å². The van der Waals surface area contributed by atoms with Crippen LogP contribution in [-0.4, -0.2) is 34.9 Å². The van der Waals surface area contributed by atoms with Crippen LogP contribution in [0.3, 0.4) is 0 Å². The van der Waals surface area contributed by atoms with Gasteiger partial charge < -0.3 is 14.8 Å². The van der Waals surface area contributed by atoms with E-state index in [0.717, 1.165) is 0 Å². The summed E-state index contributed by atoms with van der Waals surface area (Å²) >= 11 is 0. The van der Waals surface area contributed by atoms with Crippen LogP contribution in [0.1, 0.15) is 40.0 Å². The largest absolute Gasteiger partial charge is 0.444 e. The molecule has 0 saturated carbocycles. The zero-order valence-electron chi connectivity index (χ0n) is 14.9. The van der Waals surface area contributed by atoms with Crippen LogP contribution in [0.25, 0.3) is 0 Å². The SMILES string of the molecule is CC(C)(C)OC(=O)NCCCCC(=O)C(=O)Oc1ccc([N+](=O)[O-])cc1. The summed E-state index contributed by atoms with van der Waals surface area (Å²) in [5.41, 5.74) is -0.726. The van der Waals surface area contributed by atoms with Crippen molar-refractivity contribution in [3.63, 3.8) is 0 Å². The maximum atomic E-state index is 11.7. The number of carbonyl (C=O) groups excluding carboxylic acids is 3. The van der Waals surface area contributed by atoms with Crippen molar-refractivity contribution in [1.82, 2.24) is 5.32 Å². The van der Waals surface area contributed by atoms with E-state index in [4.69, 9.17) is 9.47 Å². The van der Waals surface area contributed by atoms with Gasteiger partial charge in [-0.3, -0.25) is 14.9 Å². The van der Waals surface area contributed by atoms with Crippen LogP contribution in [0.4, 0.5) is 10.5 Å². The standard InChI is InChI=1S/C17H22N2O7/c1-17(2,3)26-16(22)18-11-5-4-6-14(20)15(21)25-13-9-7-12(8-10-13)19(23)24/h7-10H,4-6,11H2,1-3H3,(H,18,22). The number of carbonyl (C=O) groups is 3. The van der Waals surface area contributed by atoms with Crippen LogP contribution in [0.2, 0.25) is 0 Å². The number of rotatable bonds is 8. The van der Waals surface area contributed by atoms with E-state index in [1.165, 1.54) is 24.3 Å². The van der Waals surface area contributed by atoms with Gasteiger partial charge in [0.2, 0.25) is 5.78 Å². The van der Waals surface area contributed by atoms with Gasteiger partial charge in [0.25, 0.3) is 5.69 Å². The highest BCUT2D eigenvalue weighted by Gasteiger charge is 2.17. The van der Waals surface area contributed by atoms with Crippen LogP contribution in [0, 0.1) is 10.1 Å². The molecule has 9 nitrogen and oxygen atoms in total. The minimum Gasteiger partial charge on any atom is -0.444 e. The minimum atomic E-state index is -1.03. The predicted octanol–water partition coefficient (Wildman–Crippen LogP) is 2.76. The van der Waals surface area contributed by atoms with Crippen molar-refractivity contribution >= 4 is 23.5 Å². The smallest absolute Gasteiger partial charge is 0.407 e. The van der Waals surface area contributed by atoms with E-state index in [-0.39, 0.29) is 17.9 Å². The second kappa shape index (κ2) is 9.50. The van der Waals surface area contributed by atoms with Gasteiger partial charge in [-0.1, -0.05) is 0 Å². The third-order valence-electron chi connectivity index (χ3n) is 2.98. The fourth-order valence-corrected chi connectivity index (χ4v) is 1.82. The zero-order valence-corrected chi connectivity index (χ0v) is 14.9. The van der Waals surface area contributed by atoms with Crippen LogP contribution in [-0.2, 0) is 14.3 Å². The number of nitro benzene ring substituents is 1. The first kappa shape index (κ1) is 21.1. The number of ether oxygens (including phenoxy) is 2. The van der Waals surface area contributed by atoms with Crippen LogP contribution >= 0.6 is 0 Å². The third kappa shape index (κ3) is 8.22. The van der Waals surface area contributed by atoms with Crippen molar-refractivity contribution in [2.45, 2.75) is 45.6 Å². The Balaban J connectivity index is 2.27. The van der Waals surface area contributed by atoms with Crippen LogP contribution in [0.5, 0.6) is 5.75 Å². The summed E-state index contributed by atoms with van der Waals surface area (Å²) in [7, 11) is 0. The number of hydrogen-bond acceptors (Lipinski definition) is 7. The second-order valence-electron chi connectivity index (χ2n) is 6.45. The maximum Gasteiger partial charge on any atom is 0.407 e. The maximum absolute atomic E-state index is 11.7. The molecule has 0 radical (unpaired) electrons. The summed E-state index contributed by atoms with van der Waals surface area (Å²) in [4.78, 5) is 44.7. The lowest BCUT2D eigenvalue weighted by molar-refractivity contribution is -0.384. The van der Waals surface area contributed by atoms with E-state index in [0.29, 0.717) is 19.4 Å². The lowest BCUT2D eigenvalue weighted by atomic mass is 10.2. The molecular weight excluding hydrogens is 344 g/mol. The van der Waals surface area contributed by atoms with Gasteiger partial charge in [0, 0.05) is 25.1 Å². The van der Waals surface area contributed by atoms with E-state index in [2.05, 4.69) is 5.32 Å². The number of Topliss-reactive ketones (excluding diaryl/α,β-unsaturated/α-hetero) is 1. The van der Waals surface area contributed by atoms with Crippen LogP contribution in [0.15, 0.2) is 24.3 Å². The molecule has 1 amide bonds. The molecule has 1 aromatic rings. The van der Waals surface area contributed by atoms with E-state index in [9.17, 15) is 24.5 Å². The quantitative estimate of drug-likeness (QED) is 0.187. The molecule has 0 atom stereocenters. The predicted molar refractivity (Wildman–Crippen MR) is 91.8 cm³/mol. The zero-order chi connectivity index (χ0) is 19.7. The highest BCUT2D eigenvalue weighted by atomic mass is 16.6. The Morgan fingerprint density at radius 2 is 1.73 bits per heavy atom. The van der Waals surface area contributed by atoms with Gasteiger partial charge in [-0.2, -0.15) is 0 Å². The highest BCUT2D eigenvalue weighted by Crippen LogP contribution is 2.17. The summed E-state index contributed by atoms with van der Waals surface area (Å²) in [6.07, 6.45) is 0.322. The summed E-state index contributed by atoms with van der Waals surface area (Å²) in [5.74, 6) is -1.68. The van der Waals surface area contributed by atoms with E-state index < -0.39 is 28.4 Å². The number of nitrogens with zero attached hydrogens (tertiary/aromatic N) is 1. The number of unbranched alkanes of at least 4 members (excludes halogenated alkanes) is 1. The highest BCUT2D eigenvalue weighted by molar-refractivity contribution is 6.34. The third-order valence-corrected chi connectivity index (χ3v) is 2.98. The van der Waals surface area contributed by atoms with Gasteiger partial charge >= 0.3 is 12.1 Å². The molecule has 0 unspecified atom stereocenters. The number of nitrogens with one attached hydrogen (secondary N) is 1. The molecule has 0 spiro atoms. The van der Waals surface area contributed by atoms with Gasteiger partial charge in [-0.05, 0) is 45.7 Å². The Kier molecular flexibility index (Phi) is 7.70. The van der Waals surface area contributed by atoms with Gasteiger partial charge in [-0.15, -0.1) is 0 Å². The molecule has 0 fully saturated rings. The number of non-ortho nitro benzene ring substituents is 1. The fourth-order valence-electron chi connectivity index (χ4n) is 1.82. The Bertz CT molecular complexity index is 663. The molecule has 0 heterocycles. The number of esters is 1. The summed E-state index contributed by atoms with van der Waals surface area (Å²) in [5, 5.41) is 13.1. The molecule has 0 saturated heterocycles. The van der Waals surface area contributed by atoms with Crippen molar-refractivity contribution in [2.24, 2.45) is 0 Å². The molecule has 26 heavy (non-hydrogen) atoms. The van der Waals surface area contributed by atoms with Gasteiger partial charge in [0.15, 0.2) is 0 Å². The first-order valence-electron chi connectivity index (χ1n) is 8.05. The Morgan fingerprint density at radius 3 is 2.27 bits per heavy atom. The Hall–Kier alpha value is -2.97. The van der Waals surface area contributed by atoms with E-state index in [1.54, 1.807) is 20.8 Å². The Morgan fingerprint density at radius 1 is 1.12 bits per heavy atom. The number of benzene rings is 1. The lowest BCUT2D eigenvalue weighted by Gasteiger charge is -2.19. The number of nitro groups is 1. The first-order valence-corrected chi connectivity index (χ1v) is 8.05. The molecule has 0 bridgehead atoms. The summed E-state index contributed by atoms with van der Waals surface area (Å²) in [6, 6.07) is 4.84. The monoisotopic (exact) mass is 366 g/mol. The second-order valence-corrected chi connectivity index (χ2v) is 6.45. The molecule has 0 aliphatic heterocycles. The number of hydrogen-bond donors (Lipinski definition) is 1. The van der Waals surface area contributed by atoms with Crippen LogP contribution < -0.4 is 10.1 Å². The van der Waals surface area contributed by atoms with Gasteiger partial charge in [-0.25, -0.2) is 9.59 Å². The molecule has 0 aliphatic rings. The lowest BCUT2D eigenvalue weighted by Crippen LogP contribution is -2.33. The first-order chi connectivity index (χ1) is 12.1. The topological polar surface area (TPSA) is 125 Å². The minimum absolute atomic E-state index is 0.0260. The summed E-state index contributed by atoms with van der Waals surface area (Å²) in [6.45, 7) is 5.57. The molecule has 1 rings (SSSR count). The van der Waals surface area contributed by atoms with Crippen molar-refractivity contribution < 1.29 is 28.8 Å². The average Bonchev–Trinajstić information content (AvgIpc) is 2.53. The fraction of sp³-hybridized carbons (Fsp3) is 0.471. The van der Waals surface area contributed by atoms with Gasteiger partial charge in [0.1, 0.15) is 11.4 Å². The number of ketones is 1. The van der Waals surface area contributed by atoms with E-state index in [1.807, 2.05) is 0 Å². The van der Waals surface area contributed by atoms with E-state index >= 15 is 0 Å². The normalized spacial score (nSPS) is 10.7. The Labute approximate surface area is 150 Å². The molecule has 0 aromatic heterocycles. The van der Waals surface area contributed by atoms with Gasteiger partial charge in [0.05, 0.1) is 4.92 Å². The molecule has 1 N–H and O–H groups in total. The van der Waals surface area contributed by atoms with Crippen molar-refractivity contribution in [1.29, 1.82) is 0 Å². The van der Waals surface area contributed by atoms with Crippen molar-refractivity contribution in [2.75, 3.05) is 6.54 Å².